The second kappa shape index (κ2) is 9.87. The normalized spacial score (nSPS) is 19.0. The molecule has 0 bridgehead atoms. The number of carbonyl (C=O) groups is 2. The number of nitrogens with one attached hydrogen (secondary N) is 2. The van der Waals surface area contributed by atoms with Crippen molar-refractivity contribution in [3.8, 4) is 5.75 Å². The van der Waals surface area contributed by atoms with Crippen LogP contribution in [-0.2, 0) is 11.4 Å². The van der Waals surface area contributed by atoms with Crippen LogP contribution in [0.25, 0.3) is 0 Å². The van der Waals surface area contributed by atoms with E-state index in [4.69, 9.17) is 4.74 Å². The zero-order valence-corrected chi connectivity index (χ0v) is 18.1. The minimum atomic E-state index is -0.196. The van der Waals surface area contributed by atoms with E-state index in [1.54, 1.807) is 5.38 Å². The molecule has 1 aliphatic rings. The van der Waals surface area contributed by atoms with Crippen molar-refractivity contribution >= 4 is 23.2 Å². The predicted octanol–water partition coefficient (Wildman–Crippen LogP) is 3.84. The van der Waals surface area contributed by atoms with Crippen LogP contribution in [0.15, 0.2) is 29.6 Å². The number of benzene rings is 1. The van der Waals surface area contributed by atoms with Crippen LogP contribution in [0.4, 0.5) is 0 Å². The van der Waals surface area contributed by atoms with Crippen molar-refractivity contribution in [1.82, 2.24) is 15.6 Å². The molecule has 2 atom stereocenters. The molecule has 2 amide bonds. The second-order valence-corrected chi connectivity index (χ2v) is 8.81. The van der Waals surface area contributed by atoms with Gasteiger partial charge < -0.3 is 15.4 Å². The van der Waals surface area contributed by atoms with Crippen molar-refractivity contribution in [2.24, 2.45) is 5.92 Å². The van der Waals surface area contributed by atoms with E-state index in [1.165, 1.54) is 16.9 Å². The van der Waals surface area contributed by atoms with E-state index in [-0.39, 0.29) is 29.8 Å². The van der Waals surface area contributed by atoms with E-state index in [9.17, 15) is 9.59 Å². The molecule has 0 aliphatic heterocycles. The molecule has 1 fully saturated rings. The highest BCUT2D eigenvalue weighted by Gasteiger charge is 2.29. The molecule has 0 spiro atoms. The van der Waals surface area contributed by atoms with E-state index in [0.29, 0.717) is 12.3 Å². The maximum Gasteiger partial charge on any atom is 0.271 e. The minimum Gasteiger partial charge on any atom is -0.486 e. The molecule has 7 heteroatoms. The predicted molar refractivity (Wildman–Crippen MR) is 114 cm³/mol. The van der Waals surface area contributed by atoms with Crippen LogP contribution in [0.1, 0.15) is 60.6 Å². The summed E-state index contributed by atoms with van der Waals surface area (Å²) in [6.45, 7) is 6.11. The van der Waals surface area contributed by atoms with E-state index in [2.05, 4.69) is 15.6 Å². The summed E-state index contributed by atoms with van der Waals surface area (Å²) in [5, 5.41) is 8.67. The van der Waals surface area contributed by atoms with Crippen molar-refractivity contribution in [3.05, 3.63) is 45.9 Å². The Balaban J connectivity index is 1.55. The first-order chi connectivity index (χ1) is 13.9. The molecule has 1 aromatic heterocycles. The van der Waals surface area contributed by atoms with Crippen LogP contribution in [0, 0.1) is 12.8 Å². The van der Waals surface area contributed by atoms with Crippen molar-refractivity contribution in [1.29, 1.82) is 0 Å². The van der Waals surface area contributed by atoms with Gasteiger partial charge in [0.2, 0.25) is 5.91 Å². The SMILES string of the molecule is Cc1ccc(OCc2nc(C(=O)NC3CCCCC3NC(=O)C(C)C)cs2)cc1. The maximum atomic E-state index is 12.7. The number of carbonyl (C=O) groups excluding carboxylic acids is 2. The zero-order chi connectivity index (χ0) is 20.8. The van der Waals surface area contributed by atoms with Gasteiger partial charge in [-0.3, -0.25) is 9.59 Å². The Morgan fingerprint density at radius 2 is 1.79 bits per heavy atom. The molecule has 2 unspecified atom stereocenters. The smallest absolute Gasteiger partial charge is 0.271 e. The lowest BCUT2D eigenvalue weighted by Crippen LogP contribution is -2.53. The summed E-state index contributed by atoms with van der Waals surface area (Å²) in [6.07, 6.45) is 3.86. The number of thiazole rings is 1. The van der Waals surface area contributed by atoms with Gasteiger partial charge >= 0.3 is 0 Å². The van der Waals surface area contributed by atoms with E-state index < -0.39 is 0 Å². The van der Waals surface area contributed by atoms with Crippen molar-refractivity contribution in [2.45, 2.75) is 65.1 Å². The monoisotopic (exact) mass is 415 g/mol. The number of ether oxygens (including phenoxy) is 1. The van der Waals surface area contributed by atoms with Gasteiger partial charge in [-0.25, -0.2) is 4.98 Å². The number of nitrogens with zero attached hydrogens (tertiary/aromatic N) is 1. The highest BCUT2D eigenvalue weighted by atomic mass is 32.1. The fourth-order valence-corrected chi connectivity index (χ4v) is 4.01. The highest BCUT2D eigenvalue weighted by molar-refractivity contribution is 7.09. The Hall–Kier alpha value is -2.41. The van der Waals surface area contributed by atoms with Gasteiger partial charge in [0.1, 0.15) is 23.1 Å². The van der Waals surface area contributed by atoms with Crippen LogP contribution in [0.5, 0.6) is 5.75 Å². The molecule has 2 aromatic rings. The molecule has 1 aromatic carbocycles. The third-order valence-corrected chi connectivity index (χ3v) is 5.92. The summed E-state index contributed by atoms with van der Waals surface area (Å²) in [5.41, 5.74) is 1.58. The lowest BCUT2D eigenvalue weighted by Gasteiger charge is -2.33. The number of aromatic nitrogens is 1. The molecule has 3 rings (SSSR count). The molecule has 2 N–H and O–H groups in total. The van der Waals surface area contributed by atoms with Crippen molar-refractivity contribution in [2.75, 3.05) is 0 Å². The first-order valence-electron chi connectivity index (χ1n) is 10.2. The molecule has 1 saturated carbocycles. The second-order valence-electron chi connectivity index (χ2n) is 7.86. The number of aryl methyl sites for hydroxylation is 1. The largest absolute Gasteiger partial charge is 0.486 e. The fraction of sp³-hybridized carbons (Fsp3) is 0.500. The Bertz CT molecular complexity index is 832. The average molecular weight is 416 g/mol. The summed E-state index contributed by atoms with van der Waals surface area (Å²) in [4.78, 5) is 29.2. The van der Waals surface area contributed by atoms with Gasteiger partial charge in [-0.1, -0.05) is 44.4 Å². The van der Waals surface area contributed by atoms with Gasteiger partial charge in [-0.2, -0.15) is 0 Å². The van der Waals surface area contributed by atoms with Crippen LogP contribution < -0.4 is 15.4 Å². The summed E-state index contributed by atoms with van der Waals surface area (Å²) in [5.74, 6) is 0.546. The Labute approximate surface area is 176 Å². The lowest BCUT2D eigenvalue weighted by atomic mass is 9.89. The van der Waals surface area contributed by atoms with E-state index >= 15 is 0 Å². The molecule has 0 saturated heterocycles. The third-order valence-electron chi connectivity index (χ3n) is 5.10. The van der Waals surface area contributed by atoms with E-state index in [1.807, 2.05) is 45.0 Å². The molecule has 29 heavy (non-hydrogen) atoms. The zero-order valence-electron chi connectivity index (χ0n) is 17.2. The van der Waals surface area contributed by atoms with Crippen molar-refractivity contribution < 1.29 is 14.3 Å². The molecule has 1 heterocycles. The Morgan fingerprint density at radius 3 is 2.45 bits per heavy atom. The first kappa shape index (κ1) is 21.3. The first-order valence-corrected chi connectivity index (χ1v) is 11.1. The summed E-state index contributed by atoms with van der Waals surface area (Å²) in [7, 11) is 0. The Kier molecular flexibility index (Phi) is 7.25. The number of rotatable bonds is 7. The minimum absolute atomic E-state index is 0.0226. The van der Waals surface area contributed by atoms with Crippen molar-refractivity contribution in [3.63, 3.8) is 0 Å². The maximum absolute atomic E-state index is 12.7. The van der Waals surface area contributed by atoms with Crippen LogP contribution in [0.2, 0.25) is 0 Å². The number of hydrogen-bond donors (Lipinski definition) is 2. The molecule has 6 nitrogen and oxygen atoms in total. The summed E-state index contributed by atoms with van der Waals surface area (Å²) in [6, 6.07) is 7.75. The van der Waals surface area contributed by atoms with Gasteiger partial charge in [-0.05, 0) is 31.9 Å². The lowest BCUT2D eigenvalue weighted by molar-refractivity contribution is -0.125. The molecule has 156 valence electrons. The van der Waals surface area contributed by atoms with E-state index in [0.717, 1.165) is 36.4 Å². The average Bonchev–Trinajstić information content (AvgIpc) is 3.18. The van der Waals surface area contributed by atoms with Crippen LogP contribution in [-0.4, -0.2) is 28.9 Å². The number of hydrogen-bond acceptors (Lipinski definition) is 5. The molecule has 0 radical (unpaired) electrons. The van der Waals surface area contributed by atoms with Gasteiger partial charge in [-0.15, -0.1) is 11.3 Å². The molecular formula is C22H29N3O3S. The number of amides is 2. The molecule has 1 aliphatic carbocycles. The Morgan fingerprint density at radius 1 is 1.14 bits per heavy atom. The summed E-state index contributed by atoms with van der Waals surface area (Å²) >= 11 is 1.41. The topological polar surface area (TPSA) is 80.3 Å². The van der Waals surface area contributed by atoms with Crippen LogP contribution in [0.3, 0.4) is 0 Å². The van der Waals surface area contributed by atoms with Gasteiger partial charge in [0.25, 0.3) is 5.91 Å². The van der Waals surface area contributed by atoms with Crippen LogP contribution >= 0.6 is 11.3 Å². The van der Waals surface area contributed by atoms with Gasteiger partial charge in [0.15, 0.2) is 0 Å². The van der Waals surface area contributed by atoms with Gasteiger partial charge in [0.05, 0.1) is 0 Å². The molecular weight excluding hydrogens is 386 g/mol. The third kappa shape index (κ3) is 6.03. The fourth-order valence-electron chi connectivity index (χ4n) is 3.33. The standard InChI is InChI=1S/C22H29N3O3S/c1-14(2)21(26)24-17-6-4-5-7-18(17)25-22(27)19-13-29-20(23-19)12-28-16-10-8-15(3)9-11-16/h8-11,13-14,17-18H,4-7,12H2,1-3H3,(H,24,26)(H,25,27). The quantitative estimate of drug-likeness (QED) is 0.720. The highest BCUT2D eigenvalue weighted by Crippen LogP contribution is 2.20. The van der Waals surface area contributed by atoms with Gasteiger partial charge in [0, 0.05) is 23.4 Å². The summed E-state index contributed by atoms with van der Waals surface area (Å²) < 4.78 is 5.74.